The summed E-state index contributed by atoms with van der Waals surface area (Å²) >= 11 is 0. The third-order valence-electron chi connectivity index (χ3n) is 7.44. The maximum atomic E-state index is 13.3. The van der Waals surface area contributed by atoms with Crippen LogP contribution in [0.1, 0.15) is 50.4 Å². The Morgan fingerprint density at radius 2 is 1.73 bits per heavy atom. The number of hydrogen-bond acceptors (Lipinski definition) is 5. The van der Waals surface area contributed by atoms with Gasteiger partial charge in [-0.3, -0.25) is 9.79 Å². The van der Waals surface area contributed by atoms with E-state index < -0.39 is 0 Å². The normalized spacial score (nSPS) is 14.0. The summed E-state index contributed by atoms with van der Waals surface area (Å²) in [6.07, 6.45) is 1.98. The fourth-order valence-electron chi connectivity index (χ4n) is 5.14. The number of nitrogens with two attached hydrogens (primary N) is 1. The number of piperidine rings is 1. The second-order valence-electron chi connectivity index (χ2n) is 10.1. The Hall–Kier alpha value is -4.39. The molecule has 0 saturated carbocycles. The molecule has 0 bridgehead atoms. The van der Waals surface area contributed by atoms with Crippen LogP contribution in [0.2, 0.25) is 0 Å². The number of aromatic nitrogens is 2. The number of ether oxygens (including phenoxy) is 1. The molecule has 0 radical (unpaired) electrons. The lowest BCUT2D eigenvalue weighted by molar-refractivity contribution is 0.131. The van der Waals surface area contributed by atoms with Crippen molar-refractivity contribution >= 4 is 22.6 Å². The molecular weight excluding hydrogens is 510 g/mol. The molecule has 1 aromatic heterocycles. The lowest BCUT2D eigenvalue weighted by atomic mass is 10.0. The fourth-order valence-corrected chi connectivity index (χ4v) is 5.14. The van der Waals surface area contributed by atoms with Crippen molar-refractivity contribution < 1.29 is 4.74 Å². The van der Waals surface area contributed by atoms with Crippen molar-refractivity contribution in [3.8, 4) is 16.9 Å². The molecule has 1 aliphatic heterocycles. The Balaban J connectivity index is 0.00000189. The van der Waals surface area contributed by atoms with Crippen LogP contribution in [0, 0.1) is 6.92 Å². The van der Waals surface area contributed by atoms with Crippen molar-refractivity contribution in [1.82, 2.24) is 14.5 Å². The number of amidine groups is 1. The van der Waals surface area contributed by atoms with Crippen LogP contribution in [0.5, 0.6) is 5.75 Å². The molecule has 4 aromatic rings. The number of nitrogens with zero attached hydrogens (tertiary/aromatic N) is 4. The van der Waals surface area contributed by atoms with Crippen molar-refractivity contribution in [1.29, 1.82) is 0 Å². The number of fused-ring (bicyclic) bond motifs is 1. The highest BCUT2D eigenvalue weighted by molar-refractivity contribution is 5.79. The Labute approximate surface area is 243 Å². The summed E-state index contributed by atoms with van der Waals surface area (Å²) in [5, 5.41) is 0. The minimum absolute atomic E-state index is 0.103. The molecule has 1 saturated heterocycles. The molecule has 2 heterocycles. The third-order valence-corrected chi connectivity index (χ3v) is 7.44. The quantitative estimate of drug-likeness (QED) is 0.226. The number of benzene rings is 3. The van der Waals surface area contributed by atoms with Crippen LogP contribution < -0.4 is 16.0 Å². The Bertz CT molecular complexity index is 1610. The monoisotopic (exact) mass is 551 g/mol. The summed E-state index contributed by atoms with van der Waals surface area (Å²) in [5.41, 5.74) is 12.4. The van der Waals surface area contributed by atoms with Gasteiger partial charge in [-0.25, -0.2) is 4.98 Å². The molecular formula is C34H41N5O2. The zero-order chi connectivity index (χ0) is 29.5. The first-order valence-electron chi connectivity index (χ1n) is 14.3. The third kappa shape index (κ3) is 6.85. The van der Waals surface area contributed by atoms with Gasteiger partial charge < -0.3 is 19.9 Å². The largest absolute Gasteiger partial charge is 0.490 e. The van der Waals surface area contributed by atoms with E-state index in [0.717, 1.165) is 70.8 Å². The molecule has 0 spiro atoms. The number of aryl methyl sites for hydroxylation is 1. The molecule has 0 unspecified atom stereocenters. The van der Waals surface area contributed by atoms with E-state index in [0.29, 0.717) is 17.9 Å². The van der Waals surface area contributed by atoms with Crippen molar-refractivity contribution in [2.24, 2.45) is 10.7 Å². The van der Waals surface area contributed by atoms with Gasteiger partial charge in [0.2, 0.25) is 0 Å². The maximum Gasteiger partial charge on any atom is 0.272 e. The lowest BCUT2D eigenvalue weighted by Gasteiger charge is -2.33. The highest BCUT2D eigenvalue weighted by Crippen LogP contribution is 2.26. The molecule has 1 fully saturated rings. The maximum absolute atomic E-state index is 13.3. The highest BCUT2D eigenvalue weighted by Gasteiger charge is 2.21. The summed E-state index contributed by atoms with van der Waals surface area (Å²) in [4.78, 5) is 24.5. The van der Waals surface area contributed by atoms with Gasteiger partial charge in [-0.15, -0.1) is 0 Å². The summed E-state index contributed by atoms with van der Waals surface area (Å²) < 4.78 is 8.18. The summed E-state index contributed by atoms with van der Waals surface area (Å²) in [7, 11) is 1.83. The van der Waals surface area contributed by atoms with E-state index in [-0.39, 0.29) is 11.7 Å². The smallest absolute Gasteiger partial charge is 0.272 e. The van der Waals surface area contributed by atoms with Gasteiger partial charge in [0, 0.05) is 44.7 Å². The topological polar surface area (TPSA) is 85.7 Å². The van der Waals surface area contributed by atoms with E-state index in [1.54, 1.807) is 11.5 Å². The van der Waals surface area contributed by atoms with Crippen LogP contribution in [0.3, 0.4) is 0 Å². The second kappa shape index (κ2) is 13.3. The first kappa shape index (κ1) is 29.6. The molecule has 0 atom stereocenters. The number of rotatable bonds is 6. The van der Waals surface area contributed by atoms with Gasteiger partial charge in [-0.2, -0.15) is 0 Å². The second-order valence-corrected chi connectivity index (χ2v) is 10.1. The molecule has 0 amide bonds. The molecule has 0 aliphatic carbocycles. The zero-order valence-corrected chi connectivity index (χ0v) is 24.9. The van der Waals surface area contributed by atoms with Crippen LogP contribution in [-0.2, 0) is 6.54 Å². The van der Waals surface area contributed by atoms with Crippen LogP contribution in [0.25, 0.3) is 27.9 Å². The first-order chi connectivity index (χ1) is 19.8. The average Bonchev–Trinajstić information content (AvgIpc) is 3.01. The van der Waals surface area contributed by atoms with E-state index in [4.69, 9.17) is 10.5 Å². The zero-order valence-electron chi connectivity index (χ0n) is 24.9. The van der Waals surface area contributed by atoms with E-state index >= 15 is 0 Å². The van der Waals surface area contributed by atoms with Gasteiger partial charge in [0.05, 0.1) is 23.4 Å². The highest BCUT2D eigenvalue weighted by atomic mass is 16.5. The van der Waals surface area contributed by atoms with Gasteiger partial charge in [0.1, 0.15) is 17.5 Å². The standard InChI is InChI=1S/C32H35N5O2.C2H6/c1-21(33)25-8-6-10-27(18-25)26-9-5-7-24(17-26)20-37-31-19-29(11-12-30(31)35-22(2)32(37)38)39-28-13-15-36(16-14-28)23(3)34-4;1-2/h5-12,17-19,28H,1,13-16,20,33H2,2-4H3;1-2H3. The number of hydrogen-bond donors (Lipinski definition) is 1. The van der Waals surface area contributed by atoms with Crippen molar-refractivity contribution in [3.05, 3.63) is 100 Å². The Kier molecular flexibility index (Phi) is 9.61. The lowest BCUT2D eigenvalue weighted by Crippen LogP contribution is -2.40. The Morgan fingerprint density at radius 1 is 1.05 bits per heavy atom. The van der Waals surface area contributed by atoms with Gasteiger partial charge in [-0.1, -0.05) is 56.8 Å². The SMILES string of the molecule is C=C(N)c1cccc(-c2cccc(Cn3c(=O)c(C)nc4ccc(OC5CCN(C(C)=NC)CC5)cc43)c2)c1.CC. The molecule has 41 heavy (non-hydrogen) atoms. The van der Waals surface area contributed by atoms with Crippen LogP contribution in [0.4, 0.5) is 0 Å². The van der Waals surface area contributed by atoms with E-state index in [2.05, 4.69) is 33.6 Å². The molecule has 7 heteroatoms. The fraction of sp³-hybridized carbons (Fsp3) is 0.324. The Morgan fingerprint density at radius 3 is 2.41 bits per heavy atom. The minimum Gasteiger partial charge on any atom is -0.490 e. The van der Waals surface area contributed by atoms with Gasteiger partial charge in [-0.05, 0) is 60.4 Å². The summed E-state index contributed by atoms with van der Waals surface area (Å²) in [6, 6.07) is 22.1. The predicted molar refractivity (Wildman–Crippen MR) is 171 cm³/mol. The molecule has 1 aliphatic rings. The van der Waals surface area contributed by atoms with Crippen molar-refractivity contribution in [3.63, 3.8) is 0 Å². The first-order valence-corrected chi connectivity index (χ1v) is 14.3. The van der Waals surface area contributed by atoms with Crippen LogP contribution in [-0.4, -0.2) is 46.5 Å². The number of aliphatic imine (C=N–C) groups is 1. The average molecular weight is 552 g/mol. The molecule has 2 N–H and O–H groups in total. The minimum atomic E-state index is -0.103. The van der Waals surface area contributed by atoms with Crippen molar-refractivity contribution in [2.75, 3.05) is 20.1 Å². The van der Waals surface area contributed by atoms with Gasteiger partial charge in [0.15, 0.2) is 0 Å². The van der Waals surface area contributed by atoms with Gasteiger partial charge in [0.25, 0.3) is 5.56 Å². The predicted octanol–water partition coefficient (Wildman–Crippen LogP) is 6.27. The molecule has 214 valence electrons. The molecule has 5 rings (SSSR count). The van der Waals surface area contributed by atoms with E-state index in [1.807, 2.05) is 82.4 Å². The summed E-state index contributed by atoms with van der Waals surface area (Å²) in [6.45, 7) is 13.9. The van der Waals surface area contributed by atoms with Gasteiger partial charge >= 0.3 is 0 Å². The van der Waals surface area contributed by atoms with E-state index in [1.165, 1.54) is 0 Å². The molecule has 7 nitrogen and oxygen atoms in total. The van der Waals surface area contributed by atoms with Crippen LogP contribution in [0.15, 0.2) is 83.1 Å². The molecule has 3 aromatic carbocycles. The summed E-state index contributed by atoms with van der Waals surface area (Å²) in [5.74, 6) is 1.82. The van der Waals surface area contributed by atoms with Crippen molar-refractivity contribution in [2.45, 2.75) is 53.2 Å². The van der Waals surface area contributed by atoms with Crippen LogP contribution >= 0.6 is 0 Å². The van der Waals surface area contributed by atoms with E-state index in [9.17, 15) is 4.79 Å². The number of likely N-dealkylation sites (tertiary alicyclic amines) is 1.